The third-order valence-electron chi connectivity index (χ3n) is 4.19. The minimum Gasteiger partial charge on any atom is -0.618 e. The molecule has 0 saturated carbocycles. The lowest BCUT2D eigenvalue weighted by Crippen LogP contribution is -2.36. The monoisotopic (exact) mass is 299 g/mol. The lowest BCUT2D eigenvalue weighted by atomic mass is 9.65. The van der Waals surface area contributed by atoms with Crippen LogP contribution in [0.4, 0.5) is 5.69 Å². The number of benzene rings is 1. The quantitative estimate of drug-likeness (QED) is 0.540. The highest BCUT2D eigenvalue weighted by atomic mass is 16.5. The fourth-order valence-electron chi connectivity index (χ4n) is 3.84. The van der Waals surface area contributed by atoms with Gasteiger partial charge in [0.05, 0.1) is 16.6 Å². The van der Waals surface area contributed by atoms with Crippen molar-refractivity contribution in [2.75, 3.05) is 0 Å². The van der Waals surface area contributed by atoms with E-state index >= 15 is 0 Å². The van der Waals surface area contributed by atoms with E-state index in [2.05, 4.69) is 45.9 Å². The summed E-state index contributed by atoms with van der Waals surface area (Å²) >= 11 is 0. The minimum atomic E-state index is -0.0811. The summed E-state index contributed by atoms with van der Waals surface area (Å²) in [5.74, 6) is 0. The number of nitrogens with zero attached hydrogens (tertiary/aromatic N) is 1. The van der Waals surface area contributed by atoms with Crippen molar-refractivity contribution < 1.29 is 14.3 Å². The number of rotatable bonds is 0. The van der Waals surface area contributed by atoms with Gasteiger partial charge in [-0.15, -0.1) is 0 Å². The molecular weight excluding hydrogens is 278 g/mol. The first-order valence-electron chi connectivity index (χ1n) is 7.31. The topological polar surface area (TPSA) is 60.2 Å². The van der Waals surface area contributed by atoms with Crippen LogP contribution in [-0.2, 0) is 9.59 Å². The lowest BCUT2D eigenvalue weighted by Gasteiger charge is -2.36. The Morgan fingerprint density at radius 2 is 1.77 bits per heavy atom. The Hall–Kier alpha value is -2.19. The van der Waals surface area contributed by atoms with Crippen LogP contribution in [0.5, 0.6) is 0 Å². The van der Waals surface area contributed by atoms with E-state index in [1.54, 1.807) is 0 Å². The minimum absolute atomic E-state index is 0.0811. The SMILES string of the molecule is Cc1ccc2c(c1)[N+]([O-])=C1C2=CC(C)(C)CC1(C)C.O=C=O. The molecule has 0 saturated heterocycles. The van der Waals surface area contributed by atoms with Crippen molar-refractivity contribution in [3.8, 4) is 0 Å². The first kappa shape index (κ1) is 16.2. The molecule has 0 bridgehead atoms. The van der Waals surface area contributed by atoms with E-state index in [1.165, 1.54) is 0 Å². The Morgan fingerprint density at radius 1 is 1.18 bits per heavy atom. The van der Waals surface area contributed by atoms with Gasteiger partial charge in [0.1, 0.15) is 0 Å². The van der Waals surface area contributed by atoms with E-state index in [-0.39, 0.29) is 17.0 Å². The molecule has 0 aromatic heterocycles. The van der Waals surface area contributed by atoms with Gasteiger partial charge in [-0.05, 0) is 44.2 Å². The molecular formula is C18H21NO3. The Balaban J connectivity index is 0.000000545. The van der Waals surface area contributed by atoms with Gasteiger partial charge in [-0.2, -0.15) is 14.3 Å². The second-order valence-electron chi connectivity index (χ2n) is 7.35. The van der Waals surface area contributed by atoms with Gasteiger partial charge in [0.2, 0.25) is 11.4 Å². The van der Waals surface area contributed by atoms with E-state index in [1.807, 2.05) is 13.0 Å². The average Bonchev–Trinajstić information content (AvgIpc) is 2.61. The zero-order valence-electron chi connectivity index (χ0n) is 13.7. The standard InChI is InChI=1S/C17H21NO.CO2/c1-11-6-7-12-13-9-16(2,3)10-17(4,5)15(13)18(19)14(12)8-11;2-1-3/h6-9H,10H2,1-5H3;. The number of allylic oxidation sites excluding steroid dienone is 2. The van der Waals surface area contributed by atoms with Crippen molar-refractivity contribution in [2.24, 2.45) is 10.8 Å². The summed E-state index contributed by atoms with van der Waals surface area (Å²) in [6.07, 6.45) is 3.53. The van der Waals surface area contributed by atoms with Crippen LogP contribution in [0, 0.1) is 23.0 Å². The second-order valence-corrected chi connectivity index (χ2v) is 7.35. The van der Waals surface area contributed by atoms with Crippen LogP contribution < -0.4 is 0 Å². The molecule has 0 radical (unpaired) electrons. The largest absolute Gasteiger partial charge is 0.618 e. The normalized spacial score (nSPS) is 20.1. The van der Waals surface area contributed by atoms with Gasteiger partial charge < -0.3 is 5.21 Å². The summed E-state index contributed by atoms with van der Waals surface area (Å²) in [5, 5.41) is 12.6. The molecule has 0 fully saturated rings. The zero-order chi connectivity index (χ0) is 16.7. The summed E-state index contributed by atoms with van der Waals surface area (Å²) in [4.78, 5) is 16.2. The summed E-state index contributed by atoms with van der Waals surface area (Å²) < 4.78 is 1.16. The number of aryl methyl sites for hydroxylation is 1. The molecule has 22 heavy (non-hydrogen) atoms. The molecule has 2 aliphatic rings. The highest BCUT2D eigenvalue weighted by Crippen LogP contribution is 2.50. The van der Waals surface area contributed by atoms with E-state index in [9.17, 15) is 5.21 Å². The molecule has 1 aromatic rings. The third-order valence-corrected chi connectivity index (χ3v) is 4.19. The summed E-state index contributed by atoms with van der Waals surface area (Å²) in [6.45, 7) is 10.9. The molecule has 1 aromatic carbocycles. The van der Waals surface area contributed by atoms with Crippen molar-refractivity contribution in [1.29, 1.82) is 0 Å². The van der Waals surface area contributed by atoms with Gasteiger partial charge in [-0.25, -0.2) is 0 Å². The van der Waals surface area contributed by atoms with Gasteiger partial charge >= 0.3 is 6.15 Å². The summed E-state index contributed by atoms with van der Waals surface area (Å²) in [6, 6.07) is 6.18. The molecule has 1 aliphatic carbocycles. The van der Waals surface area contributed by atoms with Crippen LogP contribution >= 0.6 is 0 Å². The predicted molar refractivity (Wildman–Crippen MR) is 84.6 cm³/mol. The molecule has 1 aliphatic heterocycles. The van der Waals surface area contributed by atoms with E-state index in [4.69, 9.17) is 9.59 Å². The van der Waals surface area contributed by atoms with Crippen molar-refractivity contribution in [2.45, 2.75) is 41.0 Å². The van der Waals surface area contributed by atoms with Crippen LogP contribution in [0.15, 0.2) is 24.3 Å². The van der Waals surface area contributed by atoms with Crippen LogP contribution in [-0.4, -0.2) is 16.6 Å². The molecule has 0 unspecified atom stereocenters. The molecule has 0 N–H and O–H groups in total. The maximum atomic E-state index is 12.6. The number of fused-ring (bicyclic) bond motifs is 3. The fraction of sp³-hybridized carbons (Fsp3) is 0.444. The highest BCUT2D eigenvalue weighted by Gasteiger charge is 2.48. The van der Waals surface area contributed by atoms with Crippen LogP contribution in [0.25, 0.3) is 5.57 Å². The number of carbonyl (C=O) groups excluding carboxylic acids is 2. The van der Waals surface area contributed by atoms with Gasteiger partial charge in [-0.3, -0.25) is 0 Å². The molecule has 3 rings (SSSR count). The first-order valence-corrected chi connectivity index (χ1v) is 7.31. The Labute approximate surface area is 130 Å². The Kier molecular flexibility index (Phi) is 3.84. The van der Waals surface area contributed by atoms with E-state index in [0.29, 0.717) is 0 Å². The fourth-order valence-corrected chi connectivity index (χ4v) is 3.84. The maximum absolute atomic E-state index is 12.6. The van der Waals surface area contributed by atoms with Gasteiger partial charge in [0.25, 0.3) is 0 Å². The van der Waals surface area contributed by atoms with Crippen LogP contribution in [0.3, 0.4) is 0 Å². The molecule has 0 spiro atoms. The maximum Gasteiger partial charge on any atom is 0.373 e. The summed E-state index contributed by atoms with van der Waals surface area (Å²) in [7, 11) is 0. The summed E-state index contributed by atoms with van der Waals surface area (Å²) in [5.41, 5.74) is 5.18. The molecule has 4 heteroatoms. The first-order chi connectivity index (χ1) is 10.1. The number of hydrogen-bond donors (Lipinski definition) is 0. The zero-order valence-corrected chi connectivity index (χ0v) is 13.7. The molecule has 0 atom stereocenters. The van der Waals surface area contributed by atoms with Gasteiger partial charge in [-0.1, -0.05) is 26.0 Å². The van der Waals surface area contributed by atoms with Crippen LogP contribution in [0.2, 0.25) is 0 Å². The van der Waals surface area contributed by atoms with Crippen molar-refractivity contribution in [1.82, 2.24) is 0 Å². The number of hydrogen-bond acceptors (Lipinski definition) is 3. The van der Waals surface area contributed by atoms with Crippen LogP contribution in [0.1, 0.15) is 45.2 Å². The molecule has 4 nitrogen and oxygen atoms in total. The average molecular weight is 299 g/mol. The van der Waals surface area contributed by atoms with Gasteiger partial charge in [0.15, 0.2) is 0 Å². The lowest BCUT2D eigenvalue weighted by molar-refractivity contribution is -0.361. The van der Waals surface area contributed by atoms with Crippen molar-refractivity contribution >= 4 is 23.1 Å². The van der Waals surface area contributed by atoms with Gasteiger partial charge in [0, 0.05) is 6.07 Å². The Morgan fingerprint density at radius 3 is 2.36 bits per heavy atom. The third kappa shape index (κ3) is 2.62. The molecule has 1 heterocycles. The Bertz CT molecular complexity index is 718. The smallest absolute Gasteiger partial charge is 0.373 e. The molecule has 116 valence electrons. The molecule has 0 amide bonds. The highest BCUT2D eigenvalue weighted by molar-refractivity contribution is 6.27. The predicted octanol–water partition coefficient (Wildman–Crippen LogP) is 3.85. The van der Waals surface area contributed by atoms with E-state index < -0.39 is 0 Å². The second kappa shape index (κ2) is 5.22. The van der Waals surface area contributed by atoms with E-state index in [0.717, 1.165) is 39.3 Å². The van der Waals surface area contributed by atoms with Crippen molar-refractivity contribution in [3.63, 3.8) is 0 Å². The van der Waals surface area contributed by atoms with Crippen molar-refractivity contribution in [3.05, 3.63) is 40.6 Å².